The Morgan fingerprint density at radius 2 is 1.86 bits per heavy atom. The van der Waals surface area contributed by atoms with E-state index in [0.717, 1.165) is 21.6 Å². The van der Waals surface area contributed by atoms with Gasteiger partial charge in [-0.05, 0) is 30.2 Å². The largest absolute Gasteiger partial charge is 0.459 e. The lowest BCUT2D eigenvalue weighted by atomic mass is 10.0. The first-order valence-electron chi connectivity index (χ1n) is 8.97. The van der Waals surface area contributed by atoms with Crippen molar-refractivity contribution in [2.75, 3.05) is 0 Å². The number of carbonyl (C=O) groups excluding carboxylic acids is 1. The Kier molecular flexibility index (Phi) is 5.47. The van der Waals surface area contributed by atoms with E-state index in [-0.39, 0.29) is 18.7 Å². The number of aromatic nitrogens is 2. The zero-order valence-electron chi connectivity index (χ0n) is 15.6. The van der Waals surface area contributed by atoms with E-state index in [1.165, 1.54) is 22.2 Å². The molecule has 0 saturated carbocycles. The maximum atomic E-state index is 13.1. The fourth-order valence-electron chi connectivity index (χ4n) is 3.14. The molecular weight excluding hydrogens is 408 g/mol. The summed E-state index contributed by atoms with van der Waals surface area (Å²) in [6.45, 7) is 1.93. The van der Waals surface area contributed by atoms with Gasteiger partial charge < -0.3 is 4.74 Å². The Hall–Kier alpha value is -2.96. The van der Waals surface area contributed by atoms with E-state index < -0.39 is 5.97 Å². The molecule has 0 saturated heterocycles. The summed E-state index contributed by atoms with van der Waals surface area (Å²) in [5.41, 5.74) is 2.34. The zero-order valence-corrected chi connectivity index (χ0v) is 17.2. The first kappa shape index (κ1) is 19.4. The average molecular weight is 425 g/mol. The fourth-order valence-corrected chi connectivity index (χ4v) is 4.27. The molecule has 4 aromatic rings. The van der Waals surface area contributed by atoms with Gasteiger partial charge in [-0.1, -0.05) is 54.1 Å². The molecule has 0 aliphatic rings. The minimum absolute atomic E-state index is 0.164. The first-order valence-corrected chi connectivity index (χ1v) is 10.2. The SMILES string of the molecule is Cc1sc2ncn(CC(=O)OCc3ccccc3)c(=O)c2c1-c1ccc(Cl)cc1. The Balaban J connectivity index is 1.63. The predicted molar refractivity (Wildman–Crippen MR) is 115 cm³/mol. The molecule has 0 radical (unpaired) electrons. The number of hydrogen-bond donors (Lipinski definition) is 0. The summed E-state index contributed by atoms with van der Waals surface area (Å²) in [7, 11) is 0. The predicted octanol–water partition coefficient (Wildman–Crippen LogP) is 4.83. The van der Waals surface area contributed by atoms with Gasteiger partial charge in [0.15, 0.2) is 0 Å². The molecular formula is C22H17ClN2O3S. The van der Waals surface area contributed by atoms with Crippen molar-refractivity contribution in [3.05, 3.63) is 86.7 Å². The van der Waals surface area contributed by atoms with Crippen LogP contribution in [-0.2, 0) is 22.7 Å². The van der Waals surface area contributed by atoms with Gasteiger partial charge in [0, 0.05) is 15.5 Å². The van der Waals surface area contributed by atoms with Crippen LogP contribution < -0.4 is 5.56 Å². The maximum Gasteiger partial charge on any atom is 0.326 e. The molecule has 0 aliphatic heterocycles. The molecule has 0 spiro atoms. The van der Waals surface area contributed by atoms with Crippen LogP contribution in [0.1, 0.15) is 10.4 Å². The lowest BCUT2D eigenvalue weighted by molar-refractivity contribution is -0.145. The lowest BCUT2D eigenvalue weighted by Crippen LogP contribution is -2.25. The number of hydrogen-bond acceptors (Lipinski definition) is 5. The summed E-state index contributed by atoms with van der Waals surface area (Å²) in [5.74, 6) is -0.489. The van der Waals surface area contributed by atoms with Gasteiger partial charge in [-0.3, -0.25) is 14.2 Å². The molecule has 5 nitrogen and oxygen atoms in total. The number of thiophene rings is 1. The van der Waals surface area contributed by atoms with Crippen molar-refractivity contribution in [1.82, 2.24) is 9.55 Å². The number of rotatable bonds is 5. The molecule has 0 N–H and O–H groups in total. The topological polar surface area (TPSA) is 61.2 Å². The van der Waals surface area contributed by atoms with Crippen molar-refractivity contribution in [3.8, 4) is 11.1 Å². The van der Waals surface area contributed by atoms with E-state index in [4.69, 9.17) is 16.3 Å². The second kappa shape index (κ2) is 8.19. The van der Waals surface area contributed by atoms with Crippen LogP contribution in [0, 0.1) is 6.92 Å². The summed E-state index contributed by atoms with van der Waals surface area (Å²) < 4.78 is 6.59. The third-order valence-electron chi connectivity index (χ3n) is 4.53. The molecule has 0 aliphatic carbocycles. The van der Waals surface area contributed by atoms with Gasteiger partial charge in [0.25, 0.3) is 5.56 Å². The number of benzene rings is 2. The molecule has 0 bridgehead atoms. The molecule has 29 heavy (non-hydrogen) atoms. The van der Waals surface area contributed by atoms with Gasteiger partial charge >= 0.3 is 5.97 Å². The van der Waals surface area contributed by atoms with Gasteiger partial charge in [0.1, 0.15) is 18.0 Å². The molecule has 2 aromatic carbocycles. The first-order chi connectivity index (χ1) is 14.0. The van der Waals surface area contributed by atoms with E-state index in [1.54, 1.807) is 12.1 Å². The van der Waals surface area contributed by atoms with E-state index in [2.05, 4.69) is 4.98 Å². The Morgan fingerprint density at radius 1 is 1.14 bits per heavy atom. The lowest BCUT2D eigenvalue weighted by Gasteiger charge is -2.08. The average Bonchev–Trinajstić information content (AvgIpc) is 3.07. The zero-order chi connectivity index (χ0) is 20.4. The number of ether oxygens (including phenoxy) is 1. The van der Waals surface area contributed by atoms with E-state index in [9.17, 15) is 9.59 Å². The van der Waals surface area contributed by atoms with Crippen LogP contribution >= 0.6 is 22.9 Å². The summed E-state index contributed by atoms with van der Waals surface area (Å²) in [5, 5.41) is 1.14. The van der Waals surface area contributed by atoms with Crippen LogP contribution in [-0.4, -0.2) is 15.5 Å². The van der Waals surface area contributed by atoms with Crippen molar-refractivity contribution in [1.29, 1.82) is 0 Å². The van der Waals surface area contributed by atoms with Crippen molar-refractivity contribution < 1.29 is 9.53 Å². The highest BCUT2D eigenvalue weighted by Crippen LogP contribution is 2.35. The molecule has 146 valence electrons. The van der Waals surface area contributed by atoms with Crippen LogP contribution in [0.3, 0.4) is 0 Å². The van der Waals surface area contributed by atoms with E-state index >= 15 is 0 Å². The highest BCUT2D eigenvalue weighted by molar-refractivity contribution is 7.19. The van der Waals surface area contributed by atoms with Crippen molar-refractivity contribution in [2.24, 2.45) is 0 Å². The number of aryl methyl sites for hydroxylation is 1. The normalized spacial score (nSPS) is 11.0. The highest BCUT2D eigenvalue weighted by atomic mass is 35.5. The molecule has 4 rings (SSSR count). The molecule has 0 unspecified atom stereocenters. The minimum Gasteiger partial charge on any atom is -0.459 e. The molecule has 0 atom stereocenters. The highest BCUT2D eigenvalue weighted by Gasteiger charge is 2.18. The van der Waals surface area contributed by atoms with Crippen LogP contribution in [0.25, 0.3) is 21.3 Å². The Labute approximate surface area is 176 Å². The summed E-state index contributed by atoms with van der Waals surface area (Å²) in [6, 6.07) is 16.7. The molecule has 0 fully saturated rings. The number of halogens is 1. The fraction of sp³-hybridized carbons (Fsp3) is 0.136. The van der Waals surface area contributed by atoms with E-state index in [1.807, 2.05) is 49.4 Å². The van der Waals surface area contributed by atoms with Crippen LogP contribution in [0.2, 0.25) is 5.02 Å². The second-order valence-electron chi connectivity index (χ2n) is 6.54. The third kappa shape index (κ3) is 4.09. The number of fused-ring (bicyclic) bond motifs is 1. The van der Waals surface area contributed by atoms with Crippen molar-refractivity contribution >= 4 is 39.1 Å². The van der Waals surface area contributed by atoms with Crippen LogP contribution in [0.5, 0.6) is 0 Å². The van der Waals surface area contributed by atoms with Crippen LogP contribution in [0.15, 0.2) is 65.7 Å². The number of esters is 1. The van der Waals surface area contributed by atoms with Gasteiger partial charge in [0.2, 0.25) is 0 Å². The summed E-state index contributed by atoms with van der Waals surface area (Å²) >= 11 is 7.45. The number of nitrogens with zero attached hydrogens (tertiary/aromatic N) is 2. The van der Waals surface area contributed by atoms with Gasteiger partial charge in [-0.2, -0.15) is 0 Å². The van der Waals surface area contributed by atoms with Gasteiger partial charge in [-0.25, -0.2) is 4.98 Å². The third-order valence-corrected chi connectivity index (χ3v) is 5.79. The number of carbonyl (C=O) groups is 1. The second-order valence-corrected chi connectivity index (χ2v) is 8.18. The smallest absolute Gasteiger partial charge is 0.326 e. The Bertz CT molecular complexity index is 1230. The van der Waals surface area contributed by atoms with Crippen LogP contribution in [0.4, 0.5) is 0 Å². The maximum absolute atomic E-state index is 13.1. The summed E-state index contributed by atoms with van der Waals surface area (Å²) in [4.78, 5) is 31.4. The minimum atomic E-state index is -0.489. The van der Waals surface area contributed by atoms with Gasteiger partial charge in [-0.15, -0.1) is 11.3 Å². The molecule has 0 amide bonds. The summed E-state index contributed by atoms with van der Waals surface area (Å²) in [6.07, 6.45) is 1.40. The van der Waals surface area contributed by atoms with Crippen molar-refractivity contribution in [2.45, 2.75) is 20.1 Å². The molecule has 2 heterocycles. The van der Waals surface area contributed by atoms with Gasteiger partial charge in [0.05, 0.1) is 11.7 Å². The molecule has 2 aromatic heterocycles. The Morgan fingerprint density at radius 3 is 2.59 bits per heavy atom. The standard InChI is InChI=1S/C22H17ClN2O3S/c1-14-19(16-7-9-17(23)10-8-16)20-21(29-14)24-13-25(22(20)27)11-18(26)28-12-15-5-3-2-4-6-15/h2-10,13H,11-12H2,1H3. The van der Waals surface area contributed by atoms with Crippen molar-refractivity contribution in [3.63, 3.8) is 0 Å². The monoisotopic (exact) mass is 424 g/mol. The van der Waals surface area contributed by atoms with E-state index in [0.29, 0.717) is 15.2 Å². The molecule has 7 heteroatoms. The quantitative estimate of drug-likeness (QED) is 0.430.